The number of nitrogens with one attached hydrogen (secondary N) is 2. The molecule has 3 amide bonds. The predicted molar refractivity (Wildman–Crippen MR) is 102 cm³/mol. The predicted octanol–water partition coefficient (Wildman–Crippen LogP) is 3.70. The van der Waals surface area contributed by atoms with Gasteiger partial charge in [-0.25, -0.2) is 13.6 Å². The highest BCUT2D eigenvalue weighted by Gasteiger charge is 2.18. The molecule has 0 unspecified atom stereocenters. The summed E-state index contributed by atoms with van der Waals surface area (Å²) in [5.74, 6) is -1.45. The van der Waals surface area contributed by atoms with Gasteiger partial charge in [-0.2, -0.15) is 0 Å². The van der Waals surface area contributed by atoms with E-state index in [-0.39, 0.29) is 18.9 Å². The van der Waals surface area contributed by atoms with Gasteiger partial charge < -0.3 is 20.3 Å². The van der Waals surface area contributed by atoms with Crippen molar-refractivity contribution < 1.29 is 23.1 Å². The lowest BCUT2D eigenvalue weighted by Crippen LogP contribution is -2.35. The number of nitrogens with zero attached hydrogens (tertiary/aromatic N) is 1. The molecule has 28 heavy (non-hydrogen) atoms. The van der Waals surface area contributed by atoms with Crippen LogP contribution in [0.25, 0.3) is 0 Å². The van der Waals surface area contributed by atoms with Crippen molar-refractivity contribution in [2.24, 2.45) is 0 Å². The van der Waals surface area contributed by atoms with Gasteiger partial charge in [0.1, 0.15) is 5.75 Å². The Balaban J connectivity index is 1.80. The van der Waals surface area contributed by atoms with Crippen molar-refractivity contribution in [3.63, 3.8) is 0 Å². The van der Waals surface area contributed by atoms with Crippen LogP contribution in [0.3, 0.4) is 0 Å². The largest absolute Gasteiger partial charge is 0.497 e. The molecule has 0 bridgehead atoms. The van der Waals surface area contributed by atoms with E-state index in [4.69, 9.17) is 4.74 Å². The third-order valence-corrected chi connectivity index (χ3v) is 4.37. The molecular formula is C20H23F2N3O3. The first-order chi connectivity index (χ1) is 13.3. The van der Waals surface area contributed by atoms with Crippen LogP contribution >= 0.6 is 0 Å². The fourth-order valence-electron chi connectivity index (χ4n) is 2.52. The summed E-state index contributed by atoms with van der Waals surface area (Å²) >= 11 is 0. The number of amides is 3. The van der Waals surface area contributed by atoms with Crippen LogP contribution in [0.4, 0.5) is 19.3 Å². The van der Waals surface area contributed by atoms with E-state index in [1.54, 1.807) is 45.3 Å². The first kappa shape index (κ1) is 21.1. The van der Waals surface area contributed by atoms with Gasteiger partial charge in [0.15, 0.2) is 11.6 Å². The average Bonchev–Trinajstić information content (AvgIpc) is 2.69. The van der Waals surface area contributed by atoms with E-state index in [2.05, 4.69) is 10.6 Å². The standard InChI is InChI=1S/C20H23F2N3O3/c1-13(14-4-9-17(21)18(22)12-14)25(2)19(26)10-11-23-20(27)24-15-5-7-16(28-3)8-6-15/h4-9,12-13H,10-11H2,1-3H3,(H2,23,24,27)/t13-/m1/s1. The zero-order chi connectivity index (χ0) is 20.7. The Morgan fingerprint density at radius 3 is 2.39 bits per heavy atom. The topological polar surface area (TPSA) is 70.7 Å². The second-order valence-electron chi connectivity index (χ2n) is 6.21. The van der Waals surface area contributed by atoms with Gasteiger partial charge in [-0.05, 0) is 48.9 Å². The van der Waals surface area contributed by atoms with Crippen LogP contribution in [0.2, 0.25) is 0 Å². The van der Waals surface area contributed by atoms with Gasteiger partial charge in [-0.3, -0.25) is 4.79 Å². The van der Waals surface area contributed by atoms with Crippen LogP contribution in [0.1, 0.15) is 24.9 Å². The molecule has 0 heterocycles. The number of hydrogen-bond acceptors (Lipinski definition) is 3. The van der Waals surface area contributed by atoms with Crippen LogP contribution in [-0.2, 0) is 4.79 Å². The van der Waals surface area contributed by atoms with Gasteiger partial charge in [-0.1, -0.05) is 6.07 Å². The molecule has 2 rings (SSSR count). The van der Waals surface area contributed by atoms with Gasteiger partial charge in [0.2, 0.25) is 5.91 Å². The number of carbonyl (C=O) groups excluding carboxylic acids is 2. The Kier molecular flexibility index (Phi) is 7.31. The summed E-state index contributed by atoms with van der Waals surface area (Å²) in [5, 5.41) is 5.25. The van der Waals surface area contributed by atoms with Crippen molar-refractivity contribution in [1.29, 1.82) is 0 Å². The Hall–Kier alpha value is -3.16. The van der Waals surface area contributed by atoms with E-state index in [1.807, 2.05) is 0 Å². The van der Waals surface area contributed by atoms with Gasteiger partial charge in [0.05, 0.1) is 13.2 Å². The second-order valence-corrected chi connectivity index (χ2v) is 6.21. The lowest BCUT2D eigenvalue weighted by molar-refractivity contribution is -0.131. The van der Waals surface area contributed by atoms with E-state index in [0.29, 0.717) is 17.0 Å². The number of carbonyl (C=O) groups is 2. The molecule has 1 atom stereocenters. The summed E-state index contributed by atoms with van der Waals surface area (Å²) < 4.78 is 31.5. The number of rotatable bonds is 7. The highest BCUT2D eigenvalue weighted by atomic mass is 19.2. The van der Waals surface area contributed by atoms with Crippen LogP contribution < -0.4 is 15.4 Å². The zero-order valence-electron chi connectivity index (χ0n) is 16.0. The molecule has 2 N–H and O–H groups in total. The smallest absolute Gasteiger partial charge is 0.319 e. The van der Waals surface area contributed by atoms with E-state index in [9.17, 15) is 18.4 Å². The number of methoxy groups -OCH3 is 1. The minimum Gasteiger partial charge on any atom is -0.497 e. The molecule has 0 saturated carbocycles. The van der Waals surface area contributed by atoms with Crippen molar-refractivity contribution in [2.45, 2.75) is 19.4 Å². The minimum atomic E-state index is -0.956. The number of ether oxygens (including phenoxy) is 1. The number of anilines is 1. The number of hydrogen-bond donors (Lipinski definition) is 2. The Labute approximate surface area is 162 Å². The van der Waals surface area contributed by atoms with Crippen molar-refractivity contribution in [2.75, 3.05) is 26.0 Å². The Morgan fingerprint density at radius 1 is 1.11 bits per heavy atom. The van der Waals surface area contributed by atoms with Crippen LogP contribution in [0, 0.1) is 11.6 Å². The first-order valence-corrected chi connectivity index (χ1v) is 8.71. The number of benzene rings is 2. The van der Waals surface area contributed by atoms with Gasteiger partial charge in [0.25, 0.3) is 0 Å². The molecule has 0 saturated heterocycles. The van der Waals surface area contributed by atoms with Crippen molar-refractivity contribution >= 4 is 17.6 Å². The molecule has 8 heteroatoms. The quantitative estimate of drug-likeness (QED) is 0.756. The third-order valence-electron chi connectivity index (χ3n) is 4.37. The molecule has 2 aromatic carbocycles. The maximum Gasteiger partial charge on any atom is 0.319 e. The van der Waals surface area contributed by atoms with Crippen LogP contribution in [0.5, 0.6) is 5.75 Å². The average molecular weight is 391 g/mol. The molecule has 2 aromatic rings. The van der Waals surface area contributed by atoms with E-state index < -0.39 is 23.7 Å². The summed E-state index contributed by atoms with van der Waals surface area (Å²) in [7, 11) is 3.13. The second kappa shape index (κ2) is 9.68. The van der Waals surface area contributed by atoms with Crippen LogP contribution in [0.15, 0.2) is 42.5 Å². The number of urea groups is 1. The van der Waals surface area contributed by atoms with Crippen molar-refractivity contribution in [3.05, 3.63) is 59.7 Å². The fourth-order valence-corrected chi connectivity index (χ4v) is 2.52. The normalized spacial score (nSPS) is 11.5. The Morgan fingerprint density at radius 2 is 1.79 bits per heavy atom. The molecule has 0 aliphatic rings. The molecule has 0 aliphatic heterocycles. The summed E-state index contributed by atoms with van der Waals surface area (Å²) in [4.78, 5) is 25.6. The molecule has 150 valence electrons. The maximum atomic E-state index is 13.4. The Bertz CT molecular complexity index is 828. The molecule has 6 nitrogen and oxygen atoms in total. The summed E-state index contributed by atoms with van der Waals surface area (Å²) in [5.41, 5.74) is 1.08. The lowest BCUT2D eigenvalue weighted by atomic mass is 10.1. The SMILES string of the molecule is COc1ccc(NC(=O)NCCC(=O)N(C)[C@H](C)c2ccc(F)c(F)c2)cc1. The monoisotopic (exact) mass is 391 g/mol. The molecule has 0 spiro atoms. The first-order valence-electron chi connectivity index (χ1n) is 8.71. The highest BCUT2D eigenvalue weighted by Crippen LogP contribution is 2.21. The van der Waals surface area contributed by atoms with E-state index in [0.717, 1.165) is 12.1 Å². The van der Waals surface area contributed by atoms with Gasteiger partial charge in [-0.15, -0.1) is 0 Å². The highest BCUT2D eigenvalue weighted by molar-refractivity contribution is 5.89. The summed E-state index contributed by atoms with van der Waals surface area (Å²) in [6.45, 7) is 1.85. The zero-order valence-corrected chi connectivity index (χ0v) is 16.0. The van der Waals surface area contributed by atoms with Gasteiger partial charge >= 0.3 is 6.03 Å². The molecular weight excluding hydrogens is 368 g/mol. The molecule has 0 fully saturated rings. The van der Waals surface area contributed by atoms with E-state index >= 15 is 0 Å². The molecule has 0 aromatic heterocycles. The molecule has 0 aliphatic carbocycles. The van der Waals surface area contributed by atoms with Crippen LogP contribution in [-0.4, -0.2) is 37.5 Å². The third kappa shape index (κ3) is 5.67. The van der Waals surface area contributed by atoms with E-state index in [1.165, 1.54) is 11.0 Å². The lowest BCUT2D eigenvalue weighted by Gasteiger charge is -2.25. The fraction of sp³-hybridized carbons (Fsp3) is 0.300. The summed E-state index contributed by atoms with van der Waals surface area (Å²) in [6.07, 6.45) is 0.0700. The summed E-state index contributed by atoms with van der Waals surface area (Å²) in [6, 6.07) is 9.50. The molecule has 0 radical (unpaired) electrons. The minimum absolute atomic E-state index is 0.0700. The van der Waals surface area contributed by atoms with Crippen molar-refractivity contribution in [1.82, 2.24) is 10.2 Å². The number of halogens is 2. The van der Waals surface area contributed by atoms with Crippen molar-refractivity contribution in [3.8, 4) is 5.75 Å². The van der Waals surface area contributed by atoms with Gasteiger partial charge in [0, 0.05) is 25.7 Å². The maximum absolute atomic E-state index is 13.4.